The van der Waals surface area contributed by atoms with Gasteiger partial charge < -0.3 is 15.9 Å². The van der Waals surface area contributed by atoms with Gasteiger partial charge in [0.15, 0.2) is 0 Å². The zero-order valence-corrected chi connectivity index (χ0v) is 8.52. The molecule has 82 valence electrons. The van der Waals surface area contributed by atoms with E-state index in [1.807, 2.05) is 0 Å². The number of hydrogen-bond acceptors (Lipinski definition) is 3. The van der Waals surface area contributed by atoms with Crippen LogP contribution in [0.4, 0.5) is 0 Å². The molecule has 0 heterocycles. The summed E-state index contributed by atoms with van der Waals surface area (Å²) in [5, 5.41) is 18.2. The standard InChI is InChI=1S/C10H13NO4/c1-9(7(12)13)4-3-6(11)5-10(9,2)8(14)15/h3-5H,11H2,1-2H3,(H,12,13)(H,14,15)/t9-,10+/m1/s1. The zero-order chi connectivity index (χ0) is 11.9. The lowest BCUT2D eigenvalue weighted by atomic mass is 9.63. The normalized spacial score (nSPS) is 34.7. The maximum Gasteiger partial charge on any atom is 0.314 e. The molecule has 0 saturated heterocycles. The predicted molar refractivity (Wildman–Crippen MR) is 52.9 cm³/mol. The lowest BCUT2D eigenvalue weighted by Gasteiger charge is -2.38. The Bertz CT molecular complexity index is 385. The van der Waals surface area contributed by atoms with Gasteiger partial charge in [-0.15, -0.1) is 0 Å². The van der Waals surface area contributed by atoms with Crippen molar-refractivity contribution in [2.24, 2.45) is 16.6 Å². The Hall–Kier alpha value is -1.78. The molecule has 0 unspecified atom stereocenters. The molecule has 0 aromatic carbocycles. The quantitative estimate of drug-likeness (QED) is 0.620. The average Bonchev–Trinajstić information content (AvgIpc) is 2.11. The van der Waals surface area contributed by atoms with Gasteiger partial charge in [0.25, 0.3) is 0 Å². The van der Waals surface area contributed by atoms with Crippen LogP contribution in [0.5, 0.6) is 0 Å². The molecule has 0 aromatic heterocycles. The molecule has 15 heavy (non-hydrogen) atoms. The number of aliphatic carboxylic acids is 2. The van der Waals surface area contributed by atoms with Gasteiger partial charge in [-0.05, 0) is 26.0 Å². The van der Waals surface area contributed by atoms with E-state index in [9.17, 15) is 9.59 Å². The van der Waals surface area contributed by atoms with Gasteiger partial charge in [0, 0.05) is 5.70 Å². The van der Waals surface area contributed by atoms with Crippen molar-refractivity contribution in [2.45, 2.75) is 13.8 Å². The molecule has 0 fully saturated rings. The van der Waals surface area contributed by atoms with Crippen molar-refractivity contribution in [2.75, 3.05) is 0 Å². The molecule has 0 aromatic rings. The maximum atomic E-state index is 11.1. The van der Waals surface area contributed by atoms with Gasteiger partial charge in [-0.3, -0.25) is 9.59 Å². The molecule has 4 N–H and O–H groups in total. The van der Waals surface area contributed by atoms with Crippen molar-refractivity contribution in [3.05, 3.63) is 23.9 Å². The van der Waals surface area contributed by atoms with E-state index in [0.29, 0.717) is 0 Å². The highest BCUT2D eigenvalue weighted by Gasteiger charge is 2.54. The molecule has 0 saturated carbocycles. The van der Waals surface area contributed by atoms with Crippen molar-refractivity contribution in [1.82, 2.24) is 0 Å². The van der Waals surface area contributed by atoms with Crippen LogP contribution in [-0.2, 0) is 9.59 Å². The van der Waals surface area contributed by atoms with Crippen molar-refractivity contribution in [3.8, 4) is 0 Å². The monoisotopic (exact) mass is 211 g/mol. The summed E-state index contributed by atoms with van der Waals surface area (Å²) in [5.74, 6) is -2.40. The van der Waals surface area contributed by atoms with Crippen LogP contribution >= 0.6 is 0 Å². The van der Waals surface area contributed by atoms with E-state index in [1.54, 1.807) is 0 Å². The largest absolute Gasteiger partial charge is 0.481 e. The Morgan fingerprint density at radius 3 is 2.07 bits per heavy atom. The van der Waals surface area contributed by atoms with Gasteiger partial charge in [-0.2, -0.15) is 0 Å². The van der Waals surface area contributed by atoms with E-state index in [0.717, 1.165) is 0 Å². The van der Waals surface area contributed by atoms with E-state index in [2.05, 4.69) is 0 Å². The summed E-state index contributed by atoms with van der Waals surface area (Å²) in [6, 6.07) is 0. The van der Waals surface area contributed by atoms with Crippen molar-refractivity contribution in [1.29, 1.82) is 0 Å². The Kier molecular flexibility index (Phi) is 2.35. The topological polar surface area (TPSA) is 101 Å². The average molecular weight is 211 g/mol. The maximum absolute atomic E-state index is 11.1. The number of carboxylic acid groups (broad SMARTS) is 2. The number of rotatable bonds is 2. The Morgan fingerprint density at radius 1 is 1.20 bits per heavy atom. The first kappa shape index (κ1) is 11.3. The zero-order valence-electron chi connectivity index (χ0n) is 8.52. The van der Waals surface area contributed by atoms with Crippen LogP contribution in [0.1, 0.15) is 13.8 Å². The minimum atomic E-state index is -1.53. The van der Waals surface area contributed by atoms with E-state index < -0.39 is 22.8 Å². The molecular weight excluding hydrogens is 198 g/mol. The summed E-state index contributed by atoms with van der Waals surface area (Å²) < 4.78 is 0. The van der Waals surface area contributed by atoms with Crippen LogP contribution in [0.25, 0.3) is 0 Å². The van der Waals surface area contributed by atoms with Crippen LogP contribution in [-0.4, -0.2) is 22.2 Å². The first-order valence-corrected chi connectivity index (χ1v) is 4.38. The van der Waals surface area contributed by atoms with Crippen molar-refractivity contribution < 1.29 is 19.8 Å². The smallest absolute Gasteiger partial charge is 0.314 e. The number of nitrogens with two attached hydrogens (primary N) is 1. The number of allylic oxidation sites excluding steroid dienone is 1. The van der Waals surface area contributed by atoms with Gasteiger partial charge in [-0.25, -0.2) is 0 Å². The predicted octanol–water partition coefficient (Wildman–Crippen LogP) is 0.581. The second-order valence-electron chi connectivity index (χ2n) is 3.99. The number of carboxylic acids is 2. The molecule has 5 nitrogen and oxygen atoms in total. The molecule has 2 atom stereocenters. The van der Waals surface area contributed by atoms with Crippen LogP contribution < -0.4 is 5.73 Å². The molecule has 0 aliphatic heterocycles. The Balaban J connectivity index is 3.38. The van der Waals surface area contributed by atoms with E-state index >= 15 is 0 Å². The highest BCUT2D eigenvalue weighted by Crippen LogP contribution is 2.45. The first-order valence-electron chi connectivity index (χ1n) is 4.38. The molecule has 1 aliphatic rings. The van der Waals surface area contributed by atoms with Gasteiger partial charge >= 0.3 is 11.9 Å². The van der Waals surface area contributed by atoms with Gasteiger partial charge in [0.05, 0.1) is 0 Å². The minimum Gasteiger partial charge on any atom is -0.481 e. The lowest BCUT2D eigenvalue weighted by Crippen LogP contribution is -2.48. The van der Waals surface area contributed by atoms with E-state index in [-0.39, 0.29) is 5.70 Å². The van der Waals surface area contributed by atoms with Crippen molar-refractivity contribution >= 4 is 11.9 Å². The molecule has 5 heteroatoms. The molecular formula is C10H13NO4. The van der Waals surface area contributed by atoms with Gasteiger partial charge in [0.2, 0.25) is 0 Å². The fraction of sp³-hybridized carbons (Fsp3) is 0.400. The van der Waals surface area contributed by atoms with Gasteiger partial charge in [0.1, 0.15) is 10.8 Å². The molecule has 0 bridgehead atoms. The fourth-order valence-corrected chi connectivity index (χ4v) is 1.54. The third kappa shape index (κ3) is 1.40. The Labute approximate surface area is 86.9 Å². The van der Waals surface area contributed by atoms with Gasteiger partial charge in [-0.1, -0.05) is 6.08 Å². The lowest BCUT2D eigenvalue weighted by molar-refractivity contribution is -0.163. The SMILES string of the molecule is C[C@@]1(C(=O)O)C=C(N)C=C[C@]1(C)C(=O)O. The Morgan fingerprint density at radius 2 is 1.67 bits per heavy atom. The highest BCUT2D eigenvalue weighted by molar-refractivity contribution is 5.90. The molecule has 0 radical (unpaired) electrons. The van der Waals surface area contributed by atoms with Crippen molar-refractivity contribution in [3.63, 3.8) is 0 Å². The van der Waals surface area contributed by atoms with E-state index in [1.165, 1.54) is 32.1 Å². The fourth-order valence-electron chi connectivity index (χ4n) is 1.54. The second-order valence-corrected chi connectivity index (χ2v) is 3.99. The summed E-state index contributed by atoms with van der Waals surface area (Å²) >= 11 is 0. The second kappa shape index (κ2) is 3.12. The summed E-state index contributed by atoms with van der Waals surface area (Å²) in [6.45, 7) is 2.71. The summed E-state index contributed by atoms with van der Waals surface area (Å²) in [5.41, 5.74) is 2.74. The first-order chi connectivity index (χ1) is 6.74. The third-order valence-corrected chi connectivity index (χ3v) is 3.03. The molecule has 1 aliphatic carbocycles. The molecule has 0 amide bonds. The van der Waals surface area contributed by atoms with Crippen LogP contribution in [0, 0.1) is 10.8 Å². The van der Waals surface area contributed by atoms with Crippen LogP contribution in [0.3, 0.4) is 0 Å². The highest BCUT2D eigenvalue weighted by atomic mass is 16.4. The molecule has 0 spiro atoms. The van der Waals surface area contributed by atoms with E-state index in [4.69, 9.17) is 15.9 Å². The number of carbonyl (C=O) groups is 2. The minimum absolute atomic E-state index is 0.263. The summed E-state index contributed by atoms with van der Waals surface area (Å²) in [7, 11) is 0. The van der Waals surface area contributed by atoms with Crippen LogP contribution in [0.2, 0.25) is 0 Å². The number of hydrogen-bond donors (Lipinski definition) is 3. The van der Waals surface area contributed by atoms with Crippen LogP contribution in [0.15, 0.2) is 23.9 Å². The summed E-state index contributed by atoms with van der Waals surface area (Å²) in [4.78, 5) is 22.3. The molecule has 1 rings (SSSR count). The third-order valence-electron chi connectivity index (χ3n) is 3.03. The summed E-state index contributed by atoms with van der Waals surface area (Å²) in [6.07, 6.45) is 4.00.